The van der Waals surface area contributed by atoms with Crippen LogP contribution in [0.5, 0.6) is 0 Å². The van der Waals surface area contributed by atoms with Crippen LogP contribution in [0.4, 0.5) is 0 Å². The second kappa shape index (κ2) is 19.7. The van der Waals surface area contributed by atoms with Gasteiger partial charge in [-0.05, 0) is 26.7 Å². The Kier molecular flexibility index (Phi) is 21.3. The first-order chi connectivity index (χ1) is 15.4. The topological polar surface area (TPSA) is 0 Å². The van der Waals surface area contributed by atoms with E-state index in [1.807, 2.05) is 24.3 Å². The maximum Gasteiger partial charge on any atom is 0.0832 e. The van der Waals surface area contributed by atoms with Crippen molar-refractivity contribution in [1.82, 2.24) is 0 Å². The van der Waals surface area contributed by atoms with Gasteiger partial charge in [0.1, 0.15) is 0 Å². The normalized spacial score (nSPS) is 21.7. The van der Waals surface area contributed by atoms with Gasteiger partial charge in [-0.1, -0.05) is 96.0 Å². The van der Waals surface area contributed by atoms with Crippen LogP contribution >= 0.6 is 0 Å². The summed E-state index contributed by atoms with van der Waals surface area (Å²) in [5.74, 6) is 0. The van der Waals surface area contributed by atoms with Crippen LogP contribution in [0, 0.1) is 12.2 Å². The molecule has 0 atom stereocenters. The van der Waals surface area contributed by atoms with E-state index in [-0.39, 0.29) is 77.2 Å². The minimum atomic E-state index is -0.821. The molecule has 0 nitrogen and oxygen atoms in total. The van der Waals surface area contributed by atoms with E-state index in [1.165, 1.54) is 25.7 Å². The van der Waals surface area contributed by atoms with Crippen LogP contribution < -0.4 is 24.8 Å². The van der Waals surface area contributed by atoms with E-state index in [4.69, 9.17) is 0 Å². The summed E-state index contributed by atoms with van der Waals surface area (Å²) in [6, 6.07) is 6.18. The minimum absolute atomic E-state index is 0. The monoisotopic (exact) mass is 708 g/mol. The molecular weight excluding hydrogens is 670 g/mol. The summed E-state index contributed by atoms with van der Waals surface area (Å²) in [5.41, 5.74) is 3.14. The van der Waals surface area contributed by atoms with Gasteiger partial charge >= 0.3 is 0 Å². The molecule has 0 spiro atoms. The van der Waals surface area contributed by atoms with Gasteiger partial charge in [0.2, 0.25) is 0 Å². The van der Waals surface area contributed by atoms with Crippen molar-refractivity contribution in [3.05, 3.63) is 94.5 Å². The SMILES string of the molecule is CC1=CC([Si]2(C)CCC2)=CC1.CC1=CC([Si]2(C)CCC2)=CC1.[C-]1=CC=CC1.[C-]1=CC=CC1.[Cl-].[Cl-].[Zr].[Zr]. The summed E-state index contributed by atoms with van der Waals surface area (Å²) < 4.78 is 0. The molecule has 0 bridgehead atoms. The van der Waals surface area contributed by atoms with Gasteiger partial charge in [0.05, 0.1) is 16.1 Å². The van der Waals surface area contributed by atoms with Crippen molar-refractivity contribution in [3.63, 3.8) is 0 Å². The van der Waals surface area contributed by atoms with Gasteiger partial charge in [0, 0.05) is 52.4 Å². The second-order valence-corrected chi connectivity index (χ2v) is 19.9. The predicted molar refractivity (Wildman–Crippen MR) is 148 cm³/mol. The second-order valence-electron chi connectivity index (χ2n) is 10.5. The minimum Gasteiger partial charge on any atom is -1.00 e. The van der Waals surface area contributed by atoms with Crippen molar-refractivity contribution in [1.29, 1.82) is 0 Å². The first-order valence-corrected chi connectivity index (χ1v) is 18.4. The van der Waals surface area contributed by atoms with Gasteiger partial charge in [-0.25, -0.2) is 24.3 Å². The molecule has 4 aliphatic carbocycles. The van der Waals surface area contributed by atoms with E-state index < -0.39 is 16.1 Å². The zero-order valence-corrected chi connectivity index (χ0v) is 31.0. The summed E-state index contributed by atoms with van der Waals surface area (Å²) in [4.78, 5) is 0. The van der Waals surface area contributed by atoms with Crippen LogP contribution in [0.25, 0.3) is 0 Å². The molecule has 0 unspecified atom stereocenters. The zero-order valence-electron chi connectivity index (χ0n) is 22.6. The van der Waals surface area contributed by atoms with Gasteiger partial charge in [-0.3, -0.25) is 12.2 Å². The average molecular weight is 712 g/mol. The molecule has 0 N–H and O–H groups in total. The summed E-state index contributed by atoms with van der Waals surface area (Å²) in [7, 11) is -1.64. The van der Waals surface area contributed by atoms with Crippen molar-refractivity contribution < 1.29 is 77.2 Å². The van der Waals surface area contributed by atoms with Gasteiger partial charge in [0.25, 0.3) is 0 Å². The van der Waals surface area contributed by atoms with E-state index in [1.54, 1.807) is 45.7 Å². The Bertz CT molecular complexity index is 806. The van der Waals surface area contributed by atoms with Gasteiger partial charge in [-0.2, -0.15) is 12.2 Å². The van der Waals surface area contributed by atoms with Crippen molar-refractivity contribution in [2.75, 3.05) is 0 Å². The van der Waals surface area contributed by atoms with Gasteiger partial charge in [-0.15, -0.1) is 12.8 Å². The Labute approximate surface area is 274 Å². The first kappa shape index (κ1) is 38.8. The third-order valence-electron chi connectivity index (χ3n) is 7.57. The molecule has 6 aliphatic rings. The maximum atomic E-state index is 2.99. The molecule has 36 heavy (non-hydrogen) atoms. The van der Waals surface area contributed by atoms with Crippen molar-refractivity contribution in [2.45, 2.75) is 89.6 Å². The van der Waals surface area contributed by atoms with Gasteiger partial charge in [0.15, 0.2) is 0 Å². The van der Waals surface area contributed by atoms with E-state index >= 15 is 0 Å². The van der Waals surface area contributed by atoms with Crippen molar-refractivity contribution >= 4 is 16.1 Å². The van der Waals surface area contributed by atoms with Gasteiger partial charge < -0.3 is 24.8 Å². The molecule has 2 heterocycles. The maximum absolute atomic E-state index is 2.99. The molecule has 2 saturated heterocycles. The Hall–Kier alpha value is 0.700. The van der Waals surface area contributed by atoms with Crippen LogP contribution in [0.15, 0.2) is 82.3 Å². The van der Waals surface area contributed by atoms with Crippen LogP contribution in [0.1, 0.15) is 52.4 Å². The standard InChI is InChI=1S/2C10H16Si.2C5H5.2ClH.2Zr/c2*1-9-4-5-10(8-9)11(2)6-3-7-11;2*1-2-4-5-3-1;;;;/h2*5,8H,3-4,6-7H2,1-2H3;2*1-3H,4H2;2*1H;;/q;;2*-1;;;;/p-2. The Balaban J connectivity index is 0. The third-order valence-corrected chi connectivity index (χ3v) is 16.9. The van der Waals surface area contributed by atoms with Crippen molar-refractivity contribution in [3.8, 4) is 0 Å². The average Bonchev–Trinajstić information content (AvgIpc) is 3.55. The molecule has 0 aromatic carbocycles. The molecule has 6 rings (SSSR count). The van der Waals surface area contributed by atoms with E-state index in [9.17, 15) is 0 Å². The Morgan fingerprint density at radius 2 is 1.00 bits per heavy atom. The molecule has 0 radical (unpaired) electrons. The fourth-order valence-electron chi connectivity index (χ4n) is 4.82. The summed E-state index contributed by atoms with van der Waals surface area (Å²) in [6.07, 6.45) is 35.3. The number of allylic oxidation sites excluding steroid dienone is 16. The smallest absolute Gasteiger partial charge is 0.0832 e. The molecule has 0 aromatic rings. The number of rotatable bonds is 2. The number of hydrogen-bond donors (Lipinski definition) is 0. The fourth-order valence-corrected chi connectivity index (χ4v) is 11.2. The Morgan fingerprint density at radius 3 is 1.14 bits per heavy atom. The summed E-state index contributed by atoms with van der Waals surface area (Å²) in [5, 5.41) is 3.50. The third kappa shape index (κ3) is 12.3. The summed E-state index contributed by atoms with van der Waals surface area (Å²) >= 11 is 0. The van der Waals surface area contributed by atoms with E-state index in [0.717, 1.165) is 12.8 Å². The molecule has 2 fully saturated rings. The largest absolute Gasteiger partial charge is 1.00 e. The zero-order chi connectivity index (χ0) is 22.9. The molecule has 196 valence electrons. The molecule has 2 aliphatic heterocycles. The quantitative estimate of drug-likeness (QED) is 0.305. The van der Waals surface area contributed by atoms with Crippen LogP contribution in [0.3, 0.4) is 0 Å². The van der Waals surface area contributed by atoms with Crippen LogP contribution in [-0.2, 0) is 52.4 Å². The molecular formula is C30H42Cl2Si2Zr2-4. The molecule has 0 aromatic heterocycles. The fraction of sp³-hybridized carbons (Fsp3) is 0.467. The van der Waals surface area contributed by atoms with Crippen LogP contribution in [-0.4, -0.2) is 16.1 Å². The van der Waals surface area contributed by atoms with Crippen molar-refractivity contribution in [2.24, 2.45) is 0 Å². The summed E-state index contributed by atoms with van der Waals surface area (Å²) in [6.45, 7) is 9.58. The Morgan fingerprint density at radius 1 is 0.639 bits per heavy atom. The first-order valence-electron chi connectivity index (χ1n) is 12.6. The van der Waals surface area contributed by atoms with E-state index in [2.05, 4.69) is 75.5 Å². The molecule has 6 heteroatoms. The number of hydrogen-bond acceptors (Lipinski definition) is 0. The predicted octanol–water partition coefficient (Wildman–Crippen LogP) is 3.18. The number of halogens is 2. The van der Waals surface area contributed by atoms with Crippen LogP contribution in [0.2, 0.25) is 37.3 Å². The molecule has 0 amide bonds. The molecule has 0 saturated carbocycles. The van der Waals surface area contributed by atoms with E-state index in [0.29, 0.717) is 0 Å².